The van der Waals surface area contributed by atoms with Gasteiger partial charge in [0.25, 0.3) is 0 Å². The predicted octanol–water partition coefficient (Wildman–Crippen LogP) is 1.96. The molecular weight excluding hydrogens is 233 g/mol. The fourth-order valence-corrected chi connectivity index (χ4v) is 1.44. The highest BCUT2D eigenvalue weighted by molar-refractivity contribution is 5.29. The van der Waals surface area contributed by atoms with Crippen molar-refractivity contribution in [2.24, 2.45) is 0 Å². The SMILES string of the molecule is C#CCCOc1cc(F)cc(CNCCOC)c1. The summed E-state index contributed by atoms with van der Waals surface area (Å²) in [5.41, 5.74) is 0.835. The van der Waals surface area contributed by atoms with Gasteiger partial charge in [0, 0.05) is 32.7 Å². The van der Waals surface area contributed by atoms with Crippen LogP contribution in [0.4, 0.5) is 4.39 Å². The molecule has 0 saturated heterocycles. The molecule has 0 aliphatic heterocycles. The number of rotatable bonds is 8. The van der Waals surface area contributed by atoms with Crippen LogP contribution >= 0.6 is 0 Å². The van der Waals surface area contributed by atoms with Crippen LogP contribution in [-0.4, -0.2) is 26.9 Å². The van der Waals surface area contributed by atoms with Crippen LogP contribution in [0.2, 0.25) is 0 Å². The molecule has 1 aromatic rings. The number of hydrogen-bond donors (Lipinski definition) is 1. The Morgan fingerprint density at radius 1 is 1.33 bits per heavy atom. The Morgan fingerprint density at radius 3 is 2.89 bits per heavy atom. The van der Waals surface area contributed by atoms with Crippen LogP contribution in [-0.2, 0) is 11.3 Å². The van der Waals surface area contributed by atoms with Crippen LogP contribution < -0.4 is 10.1 Å². The van der Waals surface area contributed by atoms with Crippen LogP contribution in [0.25, 0.3) is 0 Å². The van der Waals surface area contributed by atoms with E-state index in [0.29, 0.717) is 31.9 Å². The summed E-state index contributed by atoms with van der Waals surface area (Å²) in [6, 6.07) is 4.64. The van der Waals surface area contributed by atoms with Gasteiger partial charge in [-0.05, 0) is 17.7 Å². The summed E-state index contributed by atoms with van der Waals surface area (Å²) in [5.74, 6) is 2.67. The van der Waals surface area contributed by atoms with Crippen LogP contribution in [0.1, 0.15) is 12.0 Å². The number of nitrogens with one attached hydrogen (secondary N) is 1. The fourth-order valence-electron chi connectivity index (χ4n) is 1.44. The molecular formula is C14H18FNO2. The largest absolute Gasteiger partial charge is 0.492 e. The number of methoxy groups -OCH3 is 1. The summed E-state index contributed by atoms with van der Waals surface area (Å²) >= 11 is 0. The Kier molecular flexibility index (Phi) is 6.85. The molecule has 98 valence electrons. The van der Waals surface area contributed by atoms with Crippen molar-refractivity contribution in [1.29, 1.82) is 0 Å². The summed E-state index contributed by atoms with van der Waals surface area (Å²) in [6.07, 6.45) is 5.63. The zero-order chi connectivity index (χ0) is 13.2. The summed E-state index contributed by atoms with van der Waals surface area (Å²) in [5, 5.41) is 3.14. The number of hydrogen-bond acceptors (Lipinski definition) is 3. The van der Waals surface area contributed by atoms with Gasteiger partial charge in [0.15, 0.2) is 0 Å². The maximum atomic E-state index is 13.3. The lowest BCUT2D eigenvalue weighted by Crippen LogP contribution is -2.18. The van der Waals surface area contributed by atoms with E-state index in [2.05, 4.69) is 11.2 Å². The van der Waals surface area contributed by atoms with Gasteiger partial charge in [-0.15, -0.1) is 12.3 Å². The third kappa shape index (κ3) is 5.67. The van der Waals surface area contributed by atoms with Crippen molar-refractivity contribution in [3.63, 3.8) is 0 Å². The highest BCUT2D eigenvalue weighted by Gasteiger charge is 2.01. The molecule has 0 atom stereocenters. The van der Waals surface area contributed by atoms with E-state index in [1.165, 1.54) is 12.1 Å². The third-order valence-corrected chi connectivity index (χ3v) is 2.26. The molecule has 0 spiro atoms. The lowest BCUT2D eigenvalue weighted by atomic mass is 10.2. The van der Waals surface area contributed by atoms with E-state index in [1.807, 2.05) is 0 Å². The molecule has 0 unspecified atom stereocenters. The van der Waals surface area contributed by atoms with E-state index >= 15 is 0 Å². The highest BCUT2D eigenvalue weighted by Crippen LogP contribution is 2.16. The predicted molar refractivity (Wildman–Crippen MR) is 68.9 cm³/mol. The molecule has 18 heavy (non-hydrogen) atoms. The summed E-state index contributed by atoms with van der Waals surface area (Å²) in [6.45, 7) is 2.32. The fraction of sp³-hybridized carbons (Fsp3) is 0.429. The van der Waals surface area contributed by atoms with Crippen molar-refractivity contribution in [1.82, 2.24) is 5.32 Å². The first kappa shape index (κ1) is 14.5. The number of benzene rings is 1. The van der Waals surface area contributed by atoms with E-state index in [1.54, 1.807) is 13.2 Å². The standard InChI is InChI=1S/C14H18FNO2/c1-3-4-6-18-14-9-12(8-13(15)10-14)11-16-5-7-17-2/h1,8-10,16H,4-7,11H2,2H3. The Balaban J connectivity index is 2.49. The number of terminal acetylenes is 1. The maximum Gasteiger partial charge on any atom is 0.127 e. The lowest BCUT2D eigenvalue weighted by Gasteiger charge is -2.08. The molecule has 0 heterocycles. The van der Waals surface area contributed by atoms with E-state index in [0.717, 1.165) is 12.1 Å². The molecule has 0 aromatic heterocycles. The smallest absolute Gasteiger partial charge is 0.127 e. The minimum Gasteiger partial charge on any atom is -0.492 e. The average molecular weight is 251 g/mol. The molecule has 1 aromatic carbocycles. The Bertz CT molecular complexity index is 401. The number of halogens is 1. The Labute approximate surface area is 107 Å². The quantitative estimate of drug-likeness (QED) is 0.566. The minimum absolute atomic E-state index is 0.309. The molecule has 4 heteroatoms. The van der Waals surface area contributed by atoms with Gasteiger partial charge in [-0.2, -0.15) is 0 Å². The zero-order valence-electron chi connectivity index (χ0n) is 10.5. The normalized spacial score (nSPS) is 10.1. The molecule has 0 bridgehead atoms. The Morgan fingerprint density at radius 2 is 2.17 bits per heavy atom. The van der Waals surface area contributed by atoms with Gasteiger partial charge in [0.05, 0.1) is 13.2 Å². The molecule has 0 aliphatic rings. The van der Waals surface area contributed by atoms with Crippen molar-refractivity contribution >= 4 is 0 Å². The maximum absolute atomic E-state index is 13.3. The second-order valence-electron chi connectivity index (χ2n) is 3.77. The number of ether oxygens (including phenoxy) is 2. The van der Waals surface area contributed by atoms with Gasteiger partial charge in [-0.1, -0.05) is 0 Å². The second-order valence-corrected chi connectivity index (χ2v) is 3.77. The molecule has 0 aliphatic carbocycles. The molecule has 0 fully saturated rings. The van der Waals surface area contributed by atoms with Gasteiger partial charge in [-0.25, -0.2) is 4.39 Å². The van der Waals surface area contributed by atoms with Gasteiger partial charge in [0.2, 0.25) is 0 Å². The summed E-state index contributed by atoms with van der Waals surface area (Å²) < 4.78 is 23.6. The molecule has 1 rings (SSSR count). The van der Waals surface area contributed by atoms with Gasteiger partial charge < -0.3 is 14.8 Å². The van der Waals surface area contributed by atoms with Crippen LogP contribution in [0, 0.1) is 18.2 Å². The van der Waals surface area contributed by atoms with Gasteiger partial charge in [-0.3, -0.25) is 0 Å². The van der Waals surface area contributed by atoms with Crippen molar-refractivity contribution in [3.8, 4) is 18.1 Å². The molecule has 1 N–H and O–H groups in total. The summed E-state index contributed by atoms with van der Waals surface area (Å²) in [7, 11) is 1.64. The second kappa shape index (κ2) is 8.51. The molecule has 0 radical (unpaired) electrons. The Hall–Kier alpha value is -1.57. The van der Waals surface area contributed by atoms with E-state index in [9.17, 15) is 4.39 Å². The molecule has 0 amide bonds. The van der Waals surface area contributed by atoms with Gasteiger partial charge >= 0.3 is 0 Å². The van der Waals surface area contributed by atoms with Crippen LogP contribution in [0.15, 0.2) is 18.2 Å². The first-order valence-electron chi connectivity index (χ1n) is 5.81. The first-order valence-corrected chi connectivity index (χ1v) is 5.81. The van der Waals surface area contributed by atoms with E-state index < -0.39 is 0 Å². The zero-order valence-corrected chi connectivity index (χ0v) is 10.5. The monoisotopic (exact) mass is 251 g/mol. The summed E-state index contributed by atoms with van der Waals surface area (Å²) in [4.78, 5) is 0. The van der Waals surface area contributed by atoms with E-state index in [-0.39, 0.29) is 5.82 Å². The minimum atomic E-state index is -0.309. The van der Waals surface area contributed by atoms with E-state index in [4.69, 9.17) is 15.9 Å². The van der Waals surface area contributed by atoms with Crippen molar-refractivity contribution < 1.29 is 13.9 Å². The first-order chi connectivity index (χ1) is 8.76. The highest BCUT2D eigenvalue weighted by atomic mass is 19.1. The van der Waals surface area contributed by atoms with Gasteiger partial charge in [0.1, 0.15) is 11.6 Å². The molecule has 3 nitrogen and oxygen atoms in total. The lowest BCUT2D eigenvalue weighted by molar-refractivity contribution is 0.199. The third-order valence-electron chi connectivity index (χ3n) is 2.26. The molecule has 0 saturated carbocycles. The van der Waals surface area contributed by atoms with Crippen LogP contribution in [0.3, 0.4) is 0 Å². The van der Waals surface area contributed by atoms with Crippen molar-refractivity contribution in [2.45, 2.75) is 13.0 Å². The van der Waals surface area contributed by atoms with Crippen molar-refractivity contribution in [2.75, 3.05) is 26.9 Å². The van der Waals surface area contributed by atoms with Crippen molar-refractivity contribution in [3.05, 3.63) is 29.6 Å². The topological polar surface area (TPSA) is 30.5 Å². The average Bonchev–Trinajstić information content (AvgIpc) is 2.34. The van der Waals surface area contributed by atoms with Crippen LogP contribution in [0.5, 0.6) is 5.75 Å².